The predicted molar refractivity (Wildman–Crippen MR) is 461 cm³/mol. The van der Waals surface area contributed by atoms with Crippen molar-refractivity contribution in [3.05, 3.63) is 219 Å². The van der Waals surface area contributed by atoms with Gasteiger partial charge in [0.1, 0.15) is 52.3 Å². The van der Waals surface area contributed by atoms with Crippen molar-refractivity contribution >= 4 is 171 Å². The summed E-state index contributed by atoms with van der Waals surface area (Å²) in [5, 5.41) is 16.8. The van der Waals surface area contributed by atoms with Gasteiger partial charge in [0.15, 0.2) is 18.0 Å². The summed E-state index contributed by atoms with van der Waals surface area (Å²) in [6.45, 7) is 25.7. The Hall–Kier alpha value is -8.70. The third-order valence-corrected chi connectivity index (χ3v) is 18.9. The Labute approximate surface area is 721 Å². The van der Waals surface area contributed by atoms with Gasteiger partial charge in [-0.25, -0.2) is 34.9 Å². The van der Waals surface area contributed by atoms with Crippen LogP contribution < -0.4 is 44.3 Å². The van der Waals surface area contributed by atoms with Crippen molar-refractivity contribution < 1.29 is 57.2 Å². The number of aliphatic imine (C=N–C) groups is 1. The topological polar surface area (TPSA) is 430 Å². The van der Waals surface area contributed by atoms with Crippen LogP contribution in [0, 0.1) is 16.0 Å². The highest BCUT2D eigenvalue weighted by molar-refractivity contribution is 9.11. The van der Waals surface area contributed by atoms with E-state index < -0.39 is 39.8 Å². The van der Waals surface area contributed by atoms with Gasteiger partial charge in [-0.15, -0.1) is 0 Å². The lowest BCUT2D eigenvalue weighted by Gasteiger charge is -2.31. The summed E-state index contributed by atoms with van der Waals surface area (Å²) in [6, 6.07) is 22.6. The number of ether oxygens (including phenoxy) is 8. The number of fused-ring (bicyclic) bond motifs is 4. The number of nitrogen functional groups attached to an aromatic ring is 2. The molecule has 0 saturated carbocycles. The minimum absolute atomic E-state index is 0.0682. The first-order valence-corrected chi connectivity index (χ1v) is 41.1. The van der Waals surface area contributed by atoms with Crippen LogP contribution in [0.1, 0.15) is 27.7 Å². The first kappa shape index (κ1) is 95.4. The largest absolute Gasteiger partial charge is 0.422 e. The molecule has 10 aromatic rings. The lowest BCUT2D eigenvalue weighted by Crippen LogP contribution is -2.46. The number of cyclic esters (lactones) is 2. The van der Waals surface area contributed by atoms with Crippen molar-refractivity contribution in [3.63, 3.8) is 0 Å². The predicted octanol–water partition coefficient (Wildman–Crippen LogP) is 8.33. The van der Waals surface area contributed by atoms with E-state index in [-0.39, 0.29) is 28.7 Å². The first-order chi connectivity index (χ1) is 56.2. The van der Waals surface area contributed by atoms with Gasteiger partial charge in [-0.3, -0.25) is 71.2 Å². The number of halogens is 6. The van der Waals surface area contributed by atoms with Crippen LogP contribution in [0.2, 0.25) is 0 Å². The molecule has 628 valence electrons. The second kappa shape index (κ2) is 50.9. The molecule has 0 amide bonds. The van der Waals surface area contributed by atoms with Crippen LogP contribution in [0.5, 0.6) is 0 Å². The molecule has 42 heteroatoms. The number of nitrogens with one attached hydrogen (secondary N) is 2. The van der Waals surface area contributed by atoms with E-state index in [1.807, 2.05) is 44.2 Å². The molecule has 6 N–H and O–H groups in total. The SMILES string of the molecule is C1COCCN1.CC1(C)OC(=O)C(C=Nc2ccc(Br)cn2)C(=O)O1.CCOC(CN1CCOCC1)OCC.Nc1ccc(Br)cn1.Nc1cnc2ccc(Br)cn2c1=O.O=CCN1CCOCC1.O=c1c(NCCN2CCOCC2)cnc2ccc(Br)cn12.O=c1c([N+](=O)[O-])cnc2ccc(Br)cn12.O=c1ccnc2ccc(Br)cn12. The fourth-order valence-corrected chi connectivity index (χ4v) is 12.2. The van der Waals surface area contributed by atoms with Gasteiger partial charge in [-0.05, 0) is 182 Å². The zero-order chi connectivity index (χ0) is 84.7. The van der Waals surface area contributed by atoms with Gasteiger partial charge in [-0.1, -0.05) is 0 Å². The third kappa shape index (κ3) is 33.6. The number of aromatic nitrogens is 10. The summed E-state index contributed by atoms with van der Waals surface area (Å²) >= 11 is 19.6. The second-order valence-electron chi connectivity index (χ2n) is 25.1. The molecule has 0 unspecified atom stereocenters. The molecule has 15 heterocycles. The van der Waals surface area contributed by atoms with Gasteiger partial charge >= 0.3 is 23.2 Å². The average Bonchev–Trinajstić information content (AvgIpc) is 0.804. The molecule has 0 radical (unpaired) electrons. The molecular formula is C75H89Br6N19O17. The number of esters is 2. The molecule has 5 aliphatic heterocycles. The quantitative estimate of drug-likeness (QED) is 0.0142. The molecule has 0 atom stereocenters. The lowest BCUT2D eigenvalue weighted by atomic mass is 10.1. The standard InChI is InChI=1S/C14H17BrN4O2.C12H11BrN2O4.C10H21NO3.C8H4BrN3O3.C8H6BrN3O.C8H5BrN2O.C6H11NO2.C5H5BrN2.C4H9NO/c15-11-1-2-13-17-9-12(14(20)19(13)10-11)16-3-4-18-5-7-21-8-6-18;1-12(2)18-10(16)8(11(17)19-12)6-15-9-4-3-7(13)5-14-9;1-3-13-10(14-4-2)9-11-5-7-12-8-6-11;9-5-1-2-7-10-3-6(12(14)15)8(13)11(7)4-5;9-5-1-2-7-11-3-6(10)8(13)12(7)4-5;9-6-1-2-7-10-4-3-8(12)11(7)5-6;8-4-1-7-2-5-9-6-3-7;6-4-1-2-5(7)8-3-4;1-3-6-4-2-5-1/h1-2,9-10,16H,3-8H2;3-6,8H,1-2H3;10H,3-9H2,1-2H3;1-4H;1-4H,10H2;1-5H;4H,1-3,5-6H2;1-3H,(H2,7,8);5H,1-4H2. The van der Waals surface area contributed by atoms with Crippen LogP contribution in [-0.2, 0) is 52.3 Å². The molecular weight excluding hydrogens is 1920 g/mol. The Balaban J connectivity index is 0.000000185. The highest BCUT2D eigenvalue weighted by Crippen LogP contribution is 2.24. The van der Waals surface area contributed by atoms with Crippen LogP contribution in [0.3, 0.4) is 0 Å². The Morgan fingerprint density at radius 3 is 1.50 bits per heavy atom. The van der Waals surface area contributed by atoms with Crippen molar-refractivity contribution in [2.45, 2.75) is 39.8 Å². The number of carbonyl (C=O) groups is 3. The Morgan fingerprint density at radius 1 is 0.564 bits per heavy atom. The number of aldehydes is 1. The Bertz CT molecular complexity index is 5030. The van der Waals surface area contributed by atoms with Crippen molar-refractivity contribution in [3.8, 4) is 0 Å². The van der Waals surface area contributed by atoms with Crippen LogP contribution in [0.25, 0.3) is 22.6 Å². The van der Waals surface area contributed by atoms with Crippen LogP contribution in [-0.4, -0.2) is 248 Å². The fourth-order valence-electron chi connectivity index (χ4n) is 10.3. The van der Waals surface area contributed by atoms with Crippen LogP contribution in [0.4, 0.5) is 28.7 Å². The molecule has 5 aliphatic rings. The number of carbonyl (C=O) groups excluding carboxylic acids is 3. The number of nitro groups is 1. The number of pyridine rings is 6. The summed E-state index contributed by atoms with van der Waals surface area (Å²) in [4.78, 5) is 124. The molecule has 10 aromatic heterocycles. The maximum absolute atomic E-state index is 12.4. The van der Waals surface area contributed by atoms with E-state index in [2.05, 4.69) is 156 Å². The van der Waals surface area contributed by atoms with Crippen molar-refractivity contribution in [1.29, 1.82) is 0 Å². The first-order valence-electron chi connectivity index (χ1n) is 36.4. The van der Waals surface area contributed by atoms with E-state index in [1.54, 1.807) is 84.0 Å². The second-order valence-corrected chi connectivity index (χ2v) is 30.6. The van der Waals surface area contributed by atoms with E-state index in [9.17, 15) is 43.7 Å². The highest BCUT2D eigenvalue weighted by Gasteiger charge is 2.42. The monoisotopic (exact) mass is 2000 g/mol. The maximum atomic E-state index is 12.4. The Kier molecular flexibility index (Phi) is 41.5. The van der Waals surface area contributed by atoms with E-state index in [1.165, 1.54) is 53.5 Å². The van der Waals surface area contributed by atoms with Crippen LogP contribution in [0.15, 0.2) is 192 Å². The van der Waals surface area contributed by atoms with E-state index in [0.717, 1.165) is 164 Å². The molecule has 5 fully saturated rings. The van der Waals surface area contributed by atoms with E-state index in [4.69, 9.17) is 49.4 Å². The molecule has 117 heavy (non-hydrogen) atoms. The van der Waals surface area contributed by atoms with Crippen molar-refractivity contribution in [2.75, 3.05) is 161 Å². The zero-order valence-corrected chi connectivity index (χ0v) is 73.7. The average molecular weight is 2010 g/mol. The third-order valence-electron chi connectivity index (χ3n) is 16.1. The van der Waals surface area contributed by atoms with Crippen LogP contribution >= 0.6 is 95.6 Å². The van der Waals surface area contributed by atoms with Gasteiger partial charge in [0.25, 0.3) is 22.5 Å². The molecule has 0 aliphatic carbocycles. The summed E-state index contributed by atoms with van der Waals surface area (Å²) in [7, 11) is 0. The van der Waals surface area contributed by atoms with E-state index in [0.29, 0.717) is 64.1 Å². The summed E-state index contributed by atoms with van der Waals surface area (Å²) in [6.07, 6.45) is 17.2. The molecule has 0 aromatic carbocycles. The smallest absolute Gasteiger partial charge is 0.352 e. The van der Waals surface area contributed by atoms with Gasteiger partial charge in [-0.2, -0.15) is 0 Å². The summed E-state index contributed by atoms with van der Waals surface area (Å²) in [5.74, 6) is -2.81. The maximum Gasteiger partial charge on any atom is 0.352 e. The fraction of sp³-hybridized carbons (Fsp3) is 0.387. The molecule has 0 spiro atoms. The molecule has 36 nitrogen and oxygen atoms in total. The molecule has 5 saturated heterocycles. The normalized spacial score (nSPS) is 15.4. The minimum atomic E-state index is -1.23. The van der Waals surface area contributed by atoms with Crippen molar-refractivity contribution in [2.24, 2.45) is 10.9 Å². The summed E-state index contributed by atoms with van der Waals surface area (Å²) < 4.78 is 52.1. The number of nitrogens with zero attached hydrogens (tertiary/aromatic N) is 15. The highest BCUT2D eigenvalue weighted by atomic mass is 79.9. The number of hydrogen-bond donors (Lipinski definition) is 4. The van der Waals surface area contributed by atoms with Gasteiger partial charge in [0.05, 0.1) is 76.7 Å². The van der Waals surface area contributed by atoms with E-state index >= 15 is 0 Å². The van der Waals surface area contributed by atoms with Gasteiger partial charge in [0.2, 0.25) is 0 Å². The number of hydrogen-bond acceptors (Lipinski definition) is 31. The minimum Gasteiger partial charge on any atom is -0.422 e. The van der Waals surface area contributed by atoms with Gasteiger partial charge in [0, 0.05) is 182 Å². The zero-order valence-electron chi connectivity index (χ0n) is 64.2. The Morgan fingerprint density at radius 2 is 1.03 bits per heavy atom. The number of morpholine rings is 4. The number of rotatable bonds is 15. The van der Waals surface area contributed by atoms with Gasteiger partial charge < -0.3 is 64.8 Å². The molecule has 15 rings (SSSR count). The number of anilines is 3. The van der Waals surface area contributed by atoms with Crippen molar-refractivity contribution in [1.82, 2.24) is 67.5 Å². The summed E-state index contributed by atoms with van der Waals surface area (Å²) in [5.41, 5.74) is 12.0. The number of nitrogens with two attached hydrogens (primary N) is 2. The molecule has 0 bridgehead atoms. The lowest BCUT2D eigenvalue weighted by molar-refractivity contribution is -0.386.